The fourth-order valence-corrected chi connectivity index (χ4v) is 0.679. The van der Waals surface area contributed by atoms with Crippen LogP contribution in [-0.2, 0) is 9.53 Å². The summed E-state index contributed by atoms with van der Waals surface area (Å²) in [4.78, 5) is 14.7. The van der Waals surface area contributed by atoms with Gasteiger partial charge < -0.3 is 10.5 Å². The van der Waals surface area contributed by atoms with Gasteiger partial charge in [-0.1, -0.05) is 12.7 Å². The monoisotopic (exact) mass is 168 g/mol. The van der Waals surface area contributed by atoms with E-state index in [4.69, 9.17) is 5.73 Å². The zero-order valence-electron chi connectivity index (χ0n) is 7.20. The zero-order valence-corrected chi connectivity index (χ0v) is 7.20. The second kappa shape index (κ2) is 5.12. The molecule has 0 unspecified atom stereocenters. The number of ether oxygens (including phenoxy) is 1. The Kier molecular flexibility index (Phi) is 4.45. The Labute approximate surface area is 71.4 Å². The van der Waals surface area contributed by atoms with Crippen LogP contribution < -0.4 is 5.73 Å². The van der Waals surface area contributed by atoms with Crippen molar-refractivity contribution in [3.63, 3.8) is 0 Å². The molecule has 0 saturated heterocycles. The van der Waals surface area contributed by atoms with Crippen LogP contribution in [0.15, 0.2) is 29.4 Å². The van der Waals surface area contributed by atoms with E-state index < -0.39 is 5.97 Å². The topological polar surface area (TPSA) is 64.7 Å². The molecule has 12 heavy (non-hydrogen) atoms. The highest BCUT2D eigenvalue weighted by Gasteiger charge is 2.12. The van der Waals surface area contributed by atoms with Crippen LogP contribution in [0.5, 0.6) is 0 Å². The number of rotatable bonds is 3. The summed E-state index contributed by atoms with van der Waals surface area (Å²) in [6.07, 6.45) is 2.70. The summed E-state index contributed by atoms with van der Waals surface area (Å²) in [5.41, 5.74) is 5.87. The first-order valence-electron chi connectivity index (χ1n) is 3.31. The summed E-state index contributed by atoms with van der Waals surface area (Å²) < 4.78 is 4.47. The van der Waals surface area contributed by atoms with Crippen molar-refractivity contribution in [1.29, 1.82) is 0 Å². The summed E-state index contributed by atoms with van der Waals surface area (Å²) in [5, 5.41) is 0. The number of methoxy groups -OCH3 is 1. The molecule has 0 aromatic rings. The molecule has 0 saturated carbocycles. The molecule has 4 nitrogen and oxygen atoms in total. The van der Waals surface area contributed by atoms with Crippen LogP contribution >= 0.6 is 0 Å². The number of aliphatic imine (C=N–C) groups is 1. The molecule has 0 fully saturated rings. The lowest BCUT2D eigenvalue weighted by atomic mass is 10.1. The largest absolute Gasteiger partial charge is 0.464 e. The molecule has 0 rings (SSSR count). The minimum atomic E-state index is -0.519. The van der Waals surface area contributed by atoms with Crippen molar-refractivity contribution in [2.24, 2.45) is 10.7 Å². The predicted molar refractivity (Wildman–Crippen MR) is 47.8 cm³/mol. The third kappa shape index (κ3) is 2.23. The number of nitrogens with two attached hydrogens (primary N) is 1. The highest BCUT2D eigenvalue weighted by Crippen LogP contribution is 1.99. The smallest absolute Gasteiger partial charge is 0.356 e. The van der Waals surface area contributed by atoms with Gasteiger partial charge in [0.2, 0.25) is 0 Å². The van der Waals surface area contributed by atoms with Gasteiger partial charge in [0.25, 0.3) is 0 Å². The normalized spacial score (nSPS) is 12.5. The molecule has 0 amide bonds. The first kappa shape index (κ1) is 10.4. The maximum Gasteiger partial charge on any atom is 0.356 e. The Balaban J connectivity index is 4.80. The van der Waals surface area contributed by atoms with Gasteiger partial charge in [-0.2, -0.15) is 0 Å². The second-order valence-electron chi connectivity index (χ2n) is 1.89. The van der Waals surface area contributed by atoms with E-state index in [2.05, 4.69) is 16.3 Å². The molecule has 0 aliphatic rings. The summed E-state index contributed by atoms with van der Waals surface area (Å²) in [5.74, 6) is -0.519. The van der Waals surface area contributed by atoms with E-state index in [1.54, 1.807) is 0 Å². The van der Waals surface area contributed by atoms with Crippen LogP contribution in [0.4, 0.5) is 0 Å². The number of esters is 1. The van der Waals surface area contributed by atoms with Crippen LogP contribution in [0, 0.1) is 0 Å². The number of hydrogen-bond acceptors (Lipinski definition) is 4. The quantitative estimate of drug-likeness (QED) is 0.373. The molecular weight excluding hydrogens is 156 g/mol. The number of carbonyl (C=O) groups is 1. The summed E-state index contributed by atoms with van der Waals surface area (Å²) in [6, 6.07) is 0. The van der Waals surface area contributed by atoms with Crippen molar-refractivity contribution in [2.75, 3.05) is 14.2 Å². The van der Waals surface area contributed by atoms with Crippen molar-refractivity contribution in [1.82, 2.24) is 0 Å². The Morgan fingerprint density at radius 2 is 2.25 bits per heavy atom. The molecule has 0 aliphatic heterocycles. The average molecular weight is 168 g/mol. The van der Waals surface area contributed by atoms with Crippen molar-refractivity contribution < 1.29 is 9.53 Å². The number of carbonyl (C=O) groups excluding carboxylic acids is 1. The molecule has 2 N–H and O–H groups in total. The molecule has 0 radical (unpaired) electrons. The van der Waals surface area contributed by atoms with Gasteiger partial charge in [-0.3, -0.25) is 4.99 Å². The van der Waals surface area contributed by atoms with Crippen molar-refractivity contribution in [2.45, 2.75) is 0 Å². The molecule has 0 aromatic carbocycles. The Morgan fingerprint density at radius 1 is 1.67 bits per heavy atom. The highest BCUT2D eigenvalue weighted by atomic mass is 16.5. The maximum absolute atomic E-state index is 11.0. The molecule has 0 aliphatic carbocycles. The lowest BCUT2D eigenvalue weighted by molar-refractivity contribution is -0.132. The predicted octanol–water partition coefficient (Wildman–Crippen LogP) is 0.259. The maximum atomic E-state index is 11.0. The SMILES string of the molecule is C=C/C(=C/N)C(=NC)C(=O)OC. The molecule has 4 heteroatoms. The zero-order chi connectivity index (χ0) is 9.56. The molecule has 0 aromatic heterocycles. The molecule has 66 valence electrons. The lowest BCUT2D eigenvalue weighted by Crippen LogP contribution is -2.18. The minimum Gasteiger partial charge on any atom is -0.464 e. The van der Waals surface area contributed by atoms with E-state index in [0.717, 1.165) is 0 Å². The lowest BCUT2D eigenvalue weighted by Gasteiger charge is -2.02. The third-order valence-electron chi connectivity index (χ3n) is 1.28. The minimum absolute atomic E-state index is 0.176. The molecule has 0 heterocycles. The van der Waals surface area contributed by atoms with Gasteiger partial charge >= 0.3 is 5.97 Å². The van der Waals surface area contributed by atoms with Gasteiger partial charge in [0, 0.05) is 18.8 Å². The Morgan fingerprint density at radius 3 is 2.50 bits per heavy atom. The van der Waals surface area contributed by atoms with Crippen LogP contribution in [-0.4, -0.2) is 25.8 Å². The number of hydrogen-bond donors (Lipinski definition) is 1. The van der Waals surface area contributed by atoms with Crippen LogP contribution in [0.25, 0.3) is 0 Å². The Bertz CT molecular complexity index is 241. The van der Waals surface area contributed by atoms with E-state index in [-0.39, 0.29) is 5.71 Å². The fraction of sp³-hybridized carbons (Fsp3) is 0.250. The van der Waals surface area contributed by atoms with Crippen molar-refractivity contribution in [3.8, 4) is 0 Å². The summed E-state index contributed by atoms with van der Waals surface area (Å²) >= 11 is 0. The Hall–Kier alpha value is -1.58. The number of nitrogens with zero attached hydrogens (tertiary/aromatic N) is 1. The van der Waals surface area contributed by atoms with E-state index in [1.165, 1.54) is 26.4 Å². The second-order valence-corrected chi connectivity index (χ2v) is 1.89. The standard InChI is InChI=1S/C8H12N2O2/c1-4-6(5-9)7(10-2)8(11)12-3/h4-5H,1,9H2,2-3H3/b6-5-,10-7?. The fourth-order valence-electron chi connectivity index (χ4n) is 0.679. The van der Waals surface area contributed by atoms with E-state index in [9.17, 15) is 4.79 Å². The molecule has 0 atom stereocenters. The van der Waals surface area contributed by atoms with Gasteiger partial charge in [-0.05, 0) is 0 Å². The van der Waals surface area contributed by atoms with Gasteiger partial charge in [0.1, 0.15) is 0 Å². The number of allylic oxidation sites excluding steroid dienone is 1. The first-order chi connectivity index (χ1) is 5.71. The van der Waals surface area contributed by atoms with Gasteiger partial charge in [0.15, 0.2) is 5.71 Å². The average Bonchev–Trinajstić information content (AvgIpc) is 2.12. The van der Waals surface area contributed by atoms with Crippen LogP contribution in [0.1, 0.15) is 0 Å². The van der Waals surface area contributed by atoms with E-state index >= 15 is 0 Å². The summed E-state index contributed by atoms with van der Waals surface area (Å²) in [6.45, 7) is 3.48. The molecular formula is C8H12N2O2. The molecule has 0 spiro atoms. The van der Waals surface area contributed by atoms with Crippen LogP contribution in [0.2, 0.25) is 0 Å². The highest BCUT2D eigenvalue weighted by molar-refractivity contribution is 6.43. The van der Waals surface area contributed by atoms with Crippen molar-refractivity contribution in [3.05, 3.63) is 24.4 Å². The first-order valence-corrected chi connectivity index (χ1v) is 3.31. The summed E-state index contributed by atoms with van der Waals surface area (Å²) in [7, 11) is 2.77. The van der Waals surface area contributed by atoms with Gasteiger partial charge in [-0.25, -0.2) is 4.79 Å². The van der Waals surface area contributed by atoms with Gasteiger partial charge in [-0.15, -0.1) is 0 Å². The van der Waals surface area contributed by atoms with E-state index in [0.29, 0.717) is 5.57 Å². The van der Waals surface area contributed by atoms with Crippen molar-refractivity contribution >= 4 is 11.7 Å². The van der Waals surface area contributed by atoms with Gasteiger partial charge in [0.05, 0.1) is 7.11 Å². The molecule has 0 bridgehead atoms. The van der Waals surface area contributed by atoms with Crippen LogP contribution in [0.3, 0.4) is 0 Å². The third-order valence-corrected chi connectivity index (χ3v) is 1.28. The van der Waals surface area contributed by atoms with E-state index in [1.807, 2.05) is 0 Å².